The van der Waals surface area contributed by atoms with E-state index in [0.29, 0.717) is 5.41 Å². The molecule has 4 rings (SSSR count). The van der Waals surface area contributed by atoms with Crippen LogP contribution in [0.25, 0.3) is 0 Å². The van der Waals surface area contributed by atoms with E-state index in [1.54, 1.807) is 0 Å². The first-order chi connectivity index (χ1) is 9.69. The molecular formula is C17H23NO2. The molecule has 1 aromatic carbocycles. The minimum absolute atomic E-state index is 0.166. The van der Waals surface area contributed by atoms with E-state index in [-0.39, 0.29) is 5.54 Å². The molecule has 0 aromatic heterocycles. The van der Waals surface area contributed by atoms with Crippen molar-refractivity contribution in [3.05, 3.63) is 23.8 Å². The molecule has 0 amide bonds. The van der Waals surface area contributed by atoms with Crippen molar-refractivity contribution in [3.63, 3.8) is 0 Å². The van der Waals surface area contributed by atoms with Crippen LogP contribution in [0.3, 0.4) is 0 Å². The van der Waals surface area contributed by atoms with Gasteiger partial charge in [0.05, 0.1) is 13.2 Å². The van der Waals surface area contributed by atoms with E-state index in [2.05, 4.69) is 18.2 Å². The summed E-state index contributed by atoms with van der Waals surface area (Å²) in [5.41, 5.74) is 7.97. The van der Waals surface area contributed by atoms with Crippen molar-refractivity contribution in [3.8, 4) is 11.5 Å². The molecule has 1 heterocycles. The van der Waals surface area contributed by atoms with Gasteiger partial charge in [-0.15, -0.1) is 0 Å². The van der Waals surface area contributed by atoms with Crippen LogP contribution in [-0.4, -0.2) is 13.2 Å². The van der Waals surface area contributed by atoms with Crippen molar-refractivity contribution < 1.29 is 9.47 Å². The third-order valence-electron chi connectivity index (χ3n) is 5.29. The lowest BCUT2D eigenvalue weighted by Gasteiger charge is -2.34. The zero-order chi connectivity index (χ0) is 13.6. The van der Waals surface area contributed by atoms with Crippen LogP contribution >= 0.6 is 0 Å². The van der Waals surface area contributed by atoms with Gasteiger partial charge >= 0.3 is 0 Å². The molecule has 0 radical (unpaired) electrons. The van der Waals surface area contributed by atoms with Gasteiger partial charge in [-0.2, -0.15) is 0 Å². The van der Waals surface area contributed by atoms with Crippen molar-refractivity contribution in [2.24, 2.45) is 11.1 Å². The second-order valence-corrected chi connectivity index (χ2v) is 6.96. The summed E-state index contributed by atoms with van der Waals surface area (Å²) in [4.78, 5) is 0. The molecule has 0 bridgehead atoms. The highest BCUT2D eigenvalue weighted by atomic mass is 16.5. The van der Waals surface area contributed by atoms with Crippen LogP contribution in [0.5, 0.6) is 11.5 Å². The standard InChI is InChI=1S/C17H23NO2/c18-17(6-2-1-3-7-17)13-4-5-14-15(10-13)20-12-16(8-9-16)11-19-14/h4-5,10H,1-3,6-9,11-12,18H2. The molecule has 2 saturated carbocycles. The minimum Gasteiger partial charge on any atom is -0.489 e. The average Bonchev–Trinajstić information content (AvgIpc) is 3.27. The van der Waals surface area contributed by atoms with Gasteiger partial charge in [0.1, 0.15) is 0 Å². The summed E-state index contributed by atoms with van der Waals surface area (Å²) in [6.45, 7) is 1.59. The molecule has 0 saturated heterocycles. The zero-order valence-corrected chi connectivity index (χ0v) is 12.0. The summed E-state index contributed by atoms with van der Waals surface area (Å²) >= 11 is 0. The molecule has 2 fully saturated rings. The van der Waals surface area contributed by atoms with Gasteiger partial charge in [0.2, 0.25) is 0 Å². The Labute approximate surface area is 120 Å². The highest BCUT2D eigenvalue weighted by molar-refractivity contribution is 5.46. The number of fused-ring (bicyclic) bond motifs is 1. The first kappa shape index (κ1) is 12.5. The molecule has 0 atom stereocenters. The molecule has 108 valence electrons. The maximum absolute atomic E-state index is 6.62. The second-order valence-electron chi connectivity index (χ2n) is 6.96. The monoisotopic (exact) mass is 273 g/mol. The molecular weight excluding hydrogens is 250 g/mol. The summed E-state index contributed by atoms with van der Waals surface area (Å²) in [7, 11) is 0. The van der Waals surface area contributed by atoms with Gasteiger partial charge in [-0.3, -0.25) is 0 Å². The Balaban J connectivity index is 1.62. The smallest absolute Gasteiger partial charge is 0.161 e. The van der Waals surface area contributed by atoms with Gasteiger partial charge in [0, 0.05) is 11.0 Å². The van der Waals surface area contributed by atoms with Crippen molar-refractivity contribution in [2.45, 2.75) is 50.5 Å². The van der Waals surface area contributed by atoms with Crippen molar-refractivity contribution in [1.82, 2.24) is 0 Å². The molecule has 2 aliphatic carbocycles. The molecule has 3 nitrogen and oxygen atoms in total. The molecule has 3 heteroatoms. The van der Waals surface area contributed by atoms with Crippen molar-refractivity contribution in [2.75, 3.05) is 13.2 Å². The van der Waals surface area contributed by atoms with Crippen LogP contribution in [-0.2, 0) is 5.54 Å². The summed E-state index contributed by atoms with van der Waals surface area (Å²) in [6, 6.07) is 6.32. The van der Waals surface area contributed by atoms with Gasteiger partial charge in [0.25, 0.3) is 0 Å². The first-order valence-corrected chi connectivity index (χ1v) is 7.88. The van der Waals surface area contributed by atoms with E-state index < -0.39 is 0 Å². The van der Waals surface area contributed by atoms with Crippen molar-refractivity contribution in [1.29, 1.82) is 0 Å². The predicted molar refractivity (Wildman–Crippen MR) is 78.0 cm³/mol. The third-order valence-corrected chi connectivity index (χ3v) is 5.29. The van der Waals surface area contributed by atoms with Crippen LogP contribution < -0.4 is 15.2 Å². The molecule has 0 unspecified atom stereocenters. The largest absolute Gasteiger partial charge is 0.489 e. The molecule has 3 aliphatic rings. The van der Waals surface area contributed by atoms with Crippen LogP contribution in [0.2, 0.25) is 0 Å². The Morgan fingerprint density at radius 2 is 1.55 bits per heavy atom. The number of ether oxygens (including phenoxy) is 2. The number of hydrogen-bond donors (Lipinski definition) is 1. The van der Waals surface area contributed by atoms with Crippen LogP contribution in [0.1, 0.15) is 50.5 Å². The Morgan fingerprint density at radius 3 is 2.25 bits per heavy atom. The second kappa shape index (κ2) is 4.39. The van der Waals surface area contributed by atoms with E-state index in [0.717, 1.165) is 37.6 Å². The van der Waals surface area contributed by atoms with Gasteiger partial charge in [-0.1, -0.05) is 25.3 Å². The van der Waals surface area contributed by atoms with Gasteiger partial charge in [-0.05, 0) is 43.4 Å². The lowest BCUT2D eigenvalue weighted by Crippen LogP contribution is -2.38. The van der Waals surface area contributed by atoms with E-state index in [1.807, 2.05) is 0 Å². The van der Waals surface area contributed by atoms with E-state index in [4.69, 9.17) is 15.2 Å². The SMILES string of the molecule is NC1(c2ccc3c(c2)OCC2(CC2)CO3)CCCCC1. The van der Waals surface area contributed by atoms with Crippen LogP contribution in [0, 0.1) is 5.41 Å². The number of nitrogens with two attached hydrogens (primary N) is 1. The highest BCUT2D eigenvalue weighted by Gasteiger charge is 2.46. The number of rotatable bonds is 1. The fourth-order valence-electron chi connectivity index (χ4n) is 3.49. The lowest BCUT2D eigenvalue weighted by atomic mass is 9.77. The third kappa shape index (κ3) is 2.08. The quantitative estimate of drug-likeness (QED) is 0.853. The average molecular weight is 273 g/mol. The maximum atomic E-state index is 6.62. The molecule has 1 aromatic rings. The van der Waals surface area contributed by atoms with E-state index in [1.165, 1.54) is 37.7 Å². The lowest BCUT2D eigenvalue weighted by molar-refractivity contribution is 0.197. The van der Waals surface area contributed by atoms with E-state index >= 15 is 0 Å². The van der Waals surface area contributed by atoms with Gasteiger partial charge in [0.15, 0.2) is 11.5 Å². The fourth-order valence-corrected chi connectivity index (χ4v) is 3.49. The minimum atomic E-state index is -0.166. The van der Waals surface area contributed by atoms with Crippen LogP contribution in [0.15, 0.2) is 18.2 Å². The number of hydrogen-bond acceptors (Lipinski definition) is 3. The summed E-state index contributed by atoms with van der Waals surface area (Å²) in [5.74, 6) is 1.78. The highest BCUT2D eigenvalue weighted by Crippen LogP contribution is 2.49. The topological polar surface area (TPSA) is 44.5 Å². The normalized spacial score (nSPS) is 26.1. The molecule has 2 N–H and O–H groups in total. The van der Waals surface area contributed by atoms with Crippen molar-refractivity contribution >= 4 is 0 Å². The summed E-state index contributed by atoms with van der Waals surface area (Å²) in [6.07, 6.45) is 8.39. The predicted octanol–water partition coefficient (Wildman–Crippen LogP) is 3.36. The van der Waals surface area contributed by atoms with Crippen LogP contribution in [0.4, 0.5) is 0 Å². The Kier molecular flexibility index (Phi) is 2.75. The molecule has 1 aliphatic heterocycles. The Hall–Kier alpha value is -1.22. The maximum Gasteiger partial charge on any atom is 0.161 e. The van der Waals surface area contributed by atoms with Gasteiger partial charge in [-0.25, -0.2) is 0 Å². The first-order valence-electron chi connectivity index (χ1n) is 7.88. The number of benzene rings is 1. The Bertz CT molecular complexity index is 516. The summed E-state index contributed by atoms with van der Waals surface area (Å²) in [5, 5.41) is 0. The summed E-state index contributed by atoms with van der Waals surface area (Å²) < 4.78 is 12.0. The Morgan fingerprint density at radius 1 is 0.850 bits per heavy atom. The fraction of sp³-hybridized carbons (Fsp3) is 0.647. The van der Waals surface area contributed by atoms with E-state index in [9.17, 15) is 0 Å². The van der Waals surface area contributed by atoms with Gasteiger partial charge < -0.3 is 15.2 Å². The zero-order valence-electron chi connectivity index (χ0n) is 12.0. The molecule has 1 spiro atoms. The molecule has 20 heavy (non-hydrogen) atoms.